The van der Waals surface area contributed by atoms with Gasteiger partial charge >= 0.3 is 0 Å². The summed E-state index contributed by atoms with van der Waals surface area (Å²) in [4.78, 5) is 12.6. The quantitative estimate of drug-likeness (QED) is 0.616. The van der Waals surface area contributed by atoms with Gasteiger partial charge in [-0.25, -0.2) is 4.39 Å². The lowest BCUT2D eigenvalue weighted by molar-refractivity contribution is 0.0827. The van der Waals surface area contributed by atoms with E-state index in [9.17, 15) is 9.18 Å². The summed E-state index contributed by atoms with van der Waals surface area (Å²) in [5.41, 5.74) is 0.250. The average Bonchev–Trinajstić information content (AvgIpc) is 2.03. The van der Waals surface area contributed by atoms with Gasteiger partial charge in [-0.15, -0.1) is 0 Å². The fraction of sp³-hybridized carbons (Fsp3) is 0.222. The third-order valence-electron chi connectivity index (χ3n) is 1.40. The van der Waals surface area contributed by atoms with E-state index >= 15 is 0 Å². The van der Waals surface area contributed by atoms with Crippen molar-refractivity contribution in [1.82, 2.24) is 4.90 Å². The van der Waals surface area contributed by atoms with Gasteiger partial charge in [0.25, 0.3) is 5.91 Å². The zero-order chi connectivity index (χ0) is 9.14. The Hall–Kier alpha value is -1.38. The van der Waals surface area contributed by atoms with E-state index in [1.807, 2.05) is 0 Å². The fourth-order valence-corrected chi connectivity index (χ4v) is 0.803. The van der Waals surface area contributed by atoms with Crippen LogP contribution in [0.15, 0.2) is 18.2 Å². The molecule has 3 heteroatoms. The van der Waals surface area contributed by atoms with Crippen LogP contribution in [0.3, 0.4) is 0 Å². The summed E-state index contributed by atoms with van der Waals surface area (Å²) in [6, 6.07) is 6.48. The number of hydrogen-bond acceptors (Lipinski definition) is 1. The Bertz CT molecular complexity index is 296. The van der Waals surface area contributed by atoms with Gasteiger partial charge in [-0.3, -0.25) is 4.79 Å². The molecule has 0 N–H and O–H groups in total. The van der Waals surface area contributed by atoms with Crippen LogP contribution in [0.25, 0.3) is 0 Å². The van der Waals surface area contributed by atoms with Gasteiger partial charge < -0.3 is 4.90 Å². The van der Waals surface area contributed by atoms with Crippen LogP contribution in [0, 0.1) is 11.9 Å². The van der Waals surface area contributed by atoms with Crippen LogP contribution in [-0.4, -0.2) is 24.9 Å². The first-order valence-corrected chi connectivity index (χ1v) is 3.50. The van der Waals surface area contributed by atoms with Gasteiger partial charge in [0.1, 0.15) is 5.82 Å². The highest BCUT2D eigenvalue weighted by Gasteiger charge is 2.07. The number of carbonyl (C=O) groups excluding carboxylic acids is 1. The lowest BCUT2D eigenvalue weighted by Gasteiger charge is -2.09. The van der Waals surface area contributed by atoms with Gasteiger partial charge in [0.05, 0.1) is 5.56 Å². The van der Waals surface area contributed by atoms with Gasteiger partial charge in [0.15, 0.2) is 0 Å². The molecule has 1 rings (SSSR count). The zero-order valence-electron chi connectivity index (χ0n) is 6.97. The van der Waals surface area contributed by atoms with Crippen LogP contribution in [0.1, 0.15) is 10.4 Å². The minimum Gasteiger partial charge on any atom is -0.345 e. The first-order valence-electron chi connectivity index (χ1n) is 3.50. The van der Waals surface area contributed by atoms with Gasteiger partial charge in [-0.1, -0.05) is 6.07 Å². The number of halogens is 1. The molecule has 0 heterocycles. The van der Waals surface area contributed by atoms with Crippen molar-refractivity contribution in [3.63, 3.8) is 0 Å². The van der Waals surface area contributed by atoms with Gasteiger partial charge in [-0.05, 0) is 18.2 Å². The Balaban J connectivity index is 2.96. The molecule has 1 aromatic rings. The molecule has 63 valence electrons. The van der Waals surface area contributed by atoms with Crippen molar-refractivity contribution in [2.24, 2.45) is 0 Å². The van der Waals surface area contributed by atoms with Crippen molar-refractivity contribution < 1.29 is 9.18 Å². The van der Waals surface area contributed by atoms with Crippen molar-refractivity contribution in [2.45, 2.75) is 0 Å². The topological polar surface area (TPSA) is 20.3 Å². The third-order valence-corrected chi connectivity index (χ3v) is 1.40. The highest BCUT2D eigenvalue weighted by molar-refractivity contribution is 5.93. The van der Waals surface area contributed by atoms with E-state index < -0.39 is 5.82 Å². The Morgan fingerprint density at radius 3 is 2.75 bits per heavy atom. The van der Waals surface area contributed by atoms with E-state index in [0.29, 0.717) is 0 Å². The maximum absolute atomic E-state index is 12.6. The molecular formula is C9H9FNO. The Kier molecular flexibility index (Phi) is 2.43. The second-order valence-corrected chi connectivity index (χ2v) is 2.62. The van der Waals surface area contributed by atoms with Crippen LogP contribution >= 0.6 is 0 Å². The molecule has 0 saturated carbocycles. The molecule has 0 saturated heterocycles. The van der Waals surface area contributed by atoms with Crippen LogP contribution in [0.2, 0.25) is 0 Å². The van der Waals surface area contributed by atoms with E-state index in [4.69, 9.17) is 0 Å². The predicted octanol–water partition coefficient (Wildman–Crippen LogP) is 1.33. The van der Waals surface area contributed by atoms with E-state index in [0.717, 1.165) is 0 Å². The molecule has 12 heavy (non-hydrogen) atoms. The second kappa shape index (κ2) is 3.34. The highest BCUT2D eigenvalue weighted by atomic mass is 19.1. The van der Waals surface area contributed by atoms with E-state index in [1.54, 1.807) is 14.1 Å². The molecule has 0 aromatic heterocycles. The standard InChI is InChI=1S/C9H9FNO/c1-11(2)9(12)7-4-3-5-8(10)6-7/h3,5-6H,1-2H3. The Morgan fingerprint density at radius 2 is 2.25 bits per heavy atom. The zero-order valence-corrected chi connectivity index (χ0v) is 6.97. The third kappa shape index (κ3) is 1.81. The molecule has 0 unspecified atom stereocenters. The molecule has 0 fully saturated rings. The van der Waals surface area contributed by atoms with Gasteiger partial charge in [0.2, 0.25) is 0 Å². The summed E-state index contributed by atoms with van der Waals surface area (Å²) in [7, 11) is 3.22. The molecular weight excluding hydrogens is 157 g/mol. The number of benzene rings is 1. The number of carbonyl (C=O) groups is 1. The molecule has 0 bridgehead atoms. The highest BCUT2D eigenvalue weighted by Crippen LogP contribution is 2.04. The van der Waals surface area contributed by atoms with Crippen molar-refractivity contribution in [1.29, 1.82) is 0 Å². The first-order chi connectivity index (χ1) is 5.61. The van der Waals surface area contributed by atoms with Crippen molar-refractivity contribution in [3.8, 4) is 0 Å². The molecule has 0 aliphatic heterocycles. The molecule has 2 nitrogen and oxygen atoms in total. The Morgan fingerprint density at radius 1 is 1.58 bits per heavy atom. The van der Waals surface area contributed by atoms with Crippen molar-refractivity contribution in [2.75, 3.05) is 14.1 Å². The molecule has 1 aromatic carbocycles. The number of amides is 1. The van der Waals surface area contributed by atoms with E-state index in [2.05, 4.69) is 6.07 Å². The van der Waals surface area contributed by atoms with E-state index in [-0.39, 0.29) is 11.5 Å². The summed E-state index contributed by atoms with van der Waals surface area (Å²) in [5, 5.41) is 0. The fourth-order valence-electron chi connectivity index (χ4n) is 0.803. The molecule has 0 atom stereocenters. The minimum atomic E-state index is -0.418. The summed E-state index contributed by atoms with van der Waals surface area (Å²) in [6.45, 7) is 0. The lowest BCUT2D eigenvalue weighted by Crippen LogP contribution is -2.21. The maximum Gasteiger partial charge on any atom is 0.254 e. The lowest BCUT2D eigenvalue weighted by atomic mass is 10.2. The Labute approximate surface area is 70.6 Å². The van der Waals surface area contributed by atoms with Crippen molar-refractivity contribution in [3.05, 3.63) is 35.6 Å². The van der Waals surface area contributed by atoms with Gasteiger partial charge in [0, 0.05) is 14.1 Å². The van der Waals surface area contributed by atoms with E-state index in [1.165, 1.54) is 23.1 Å². The van der Waals surface area contributed by atoms with Gasteiger partial charge in [-0.2, -0.15) is 0 Å². The average molecular weight is 166 g/mol. The summed E-state index contributed by atoms with van der Waals surface area (Å²) in [5.74, 6) is -0.659. The minimum absolute atomic E-state index is 0.241. The smallest absolute Gasteiger partial charge is 0.254 e. The number of hydrogen-bond donors (Lipinski definition) is 0. The number of rotatable bonds is 1. The van der Waals surface area contributed by atoms with Crippen LogP contribution in [0.5, 0.6) is 0 Å². The first kappa shape index (κ1) is 8.71. The summed E-state index contributed by atoms with van der Waals surface area (Å²) < 4.78 is 12.6. The molecule has 0 spiro atoms. The maximum atomic E-state index is 12.6. The summed E-state index contributed by atoms with van der Waals surface area (Å²) in [6.07, 6.45) is 0. The number of nitrogens with zero attached hydrogens (tertiary/aromatic N) is 1. The SMILES string of the molecule is CN(C)C(=O)c1[c]ccc(F)c1. The largest absolute Gasteiger partial charge is 0.345 e. The molecule has 0 aliphatic rings. The monoisotopic (exact) mass is 166 g/mol. The van der Waals surface area contributed by atoms with Crippen LogP contribution in [-0.2, 0) is 0 Å². The summed E-state index contributed by atoms with van der Waals surface area (Å²) >= 11 is 0. The molecule has 0 aliphatic carbocycles. The van der Waals surface area contributed by atoms with Crippen LogP contribution < -0.4 is 0 Å². The normalized spacial score (nSPS) is 9.58. The van der Waals surface area contributed by atoms with Crippen LogP contribution in [0.4, 0.5) is 4.39 Å². The molecule has 1 radical (unpaired) electrons. The molecule has 1 amide bonds. The predicted molar refractivity (Wildman–Crippen MR) is 43.3 cm³/mol. The van der Waals surface area contributed by atoms with Crippen molar-refractivity contribution >= 4 is 5.91 Å². The second-order valence-electron chi connectivity index (χ2n) is 2.62.